The average Bonchev–Trinajstić information content (AvgIpc) is 2.02. The number of carbonyl (C=O) groups excluding carboxylic acids is 1. The lowest BCUT2D eigenvalue weighted by Crippen LogP contribution is -2.33. The summed E-state index contributed by atoms with van der Waals surface area (Å²) in [4.78, 5) is 20.4. The molecule has 0 rings (SSSR count). The molecule has 0 aliphatic heterocycles. The highest BCUT2D eigenvalue weighted by Crippen LogP contribution is 1.99. The van der Waals surface area contributed by atoms with Crippen LogP contribution in [0.2, 0.25) is 0 Å². The van der Waals surface area contributed by atoms with E-state index in [-0.39, 0.29) is 0 Å². The van der Waals surface area contributed by atoms with Crippen molar-refractivity contribution in [3.63, 3.8) is 0 Å². The fourth-order valence-electron chi connectivity index (χ4n) is 0.535. The molecule has 0 unspecified atom stereocenters. The normalized spacial score (nSPS) is 15.2. The predicted octanol–water partition coefficient (Wildman–Crippen LogP) is -2.26. The first-order valence-electron chi connectivity index (χ1n) is 3.22. The number of aliphatic carboxylic acids is 1. The van der Waals surface area contributed by atoms with E-state index in [1.165, 1.54) is 0 Å². The molecular formula is C6H10O6. The molecule has 0 aromatic heterocycles. The smallest absolute Gasteiger partial charge is 0.372 e. The van der Waals surface area contributed by atoms with Gasteiger partial charge < -0.3 is 20.4 Å². The van der Waals surface area contributed by atoms with E-state index in [1.54, 1.807) is 0 Å². The molecule has 0 aromatic rings. The van der Waals surface area contributed by atoms with Crippen LogP contribution in [-0.2, 0) is 9.59 Å². The minimum Gasteiger partial charge on any atom is -0.475 e. The lowest BCUT2D eigenvalue weighted by molar-refractivity contribution is -0.151. The third-order valence-electron chi connectivity index (χ3n) is 1.26. The summed E-state index contributed by atoms with van der Waals surface area (Å²) in [6.45, 7) is -0.714. The van der Waals surface area contributed by atoms with Crippen molar-refractivity contribution in [1.29, 1.82) is 0 Å². The van der Waals surface area contributed by atoms with E-state index in [4.69, 9.17) is 20.4 Å². The van der Waals surface area contributed by atoms with Gasteiger partial charge >= 0.3 is 5.97 Å². The van der Waals surface area contributed by atoms with Gasteiger partial charge in [-0.25, -0.2) is 4.79 Å². The molecule has 0 amide bonds. The van der Waals surface area contributed by atoms with Crippen LogP contribution in [0.15, 0.2) is 0 Å². The summed E-state index contributed by atoms with van der Waals surface area (Å²) in [5.74, 6) is -2.87. The molecule has 70 valence electrons. The van der Waals surface area contributed by atoms with E-state index in [0.717, 1.165) is 0 Å². The molecule has 4 N–H and O–H groups in total. The molecule has 0 fully saturated rings. The van der Waals surface area contributed by atoms with Gasteiger partial charge in [0.1, 0.15) is 6.10 Å². The minimum atomic E-state index is -1.67. The lowest BCUT2D eigenvalue weighted by Gasteiger charge is -2.12. The molecule has 0 saturated carbocycles. The first-order chi connectivity index (χ1) is 5.49. The number of hydrogen-bond donors (Lipinski definition) is 4. The Morgan fingerprint density at radius 3 is 2.00 bits per heavy atom. The Morgan fingerprint density at radius 2 is 1.67 bits per heavy atom. The number of hydrogen-bond acceptors (Lipinski definition) is 5. The molecule has 0 aliphatic rings. The molecule has 6 heteroatoms. The zero-order valence-corrected chi connectivity index (χ0v) is 6.17. The van der Waals surface area contributed by atoms with Crippen molar-refractivity contribution < 1.29 is 30.0 Å². The van der Waals surface area contributed by atoms with Gasteiger partial charge in [-0.15, -0.1) is 0 Å². The second-order valence-corrected chi connectivity index (χ2v) is 2.25. The maximum Gasteiger partial charge on any atom is 0.372 e. The summed E-state index contributed by atoms with van der Waals surface area (Å²) in [5.41, 5.74) is 0. The van der Waals surface area contributed by atoms with E-state index >= 15 is 0 Å². The van der Waals surface area contributed by atoms with Gasteiger partial charge in [0.15, 0.2) is 0 Å². The van der Waals surface area contributed by atoms with E-state index in [2.05, 4.69) is 0 Å². The van der Waals surface area contributed by atoms with Crippen LogP contribution in [0.25, 0.3) is 0 Å². The van der Waals surface area contributed by atoms with Crippen LogP contribution >= 0.6 is 0 Å². The number of Topliss-reactive ketones (excluding diaryl/α,β-unsaturated/α-hetero) is 1. The van der Waals surface area contributed by atoms with Gasteiger partial charge in [-0.05, 0) is 0 Å². The maximum absolute atomic E-state index is 10.4. The highest BCUT2D eigenvalue weighted by molar-refractivity contribution is 6.32. The van der Waals surface area contributed by atoms with Gasteiger partial charge in [0.05, 0.1) is 12.7 Å². The zero-order valence-electron chi connectivity index (χ0n) is 6.17. The Labute approximate surface area is 68.1 Å². The van der Waals surface area contributed by atoms with Crippen molar-refractivity contribution in [3.8, 4) is 0 Å². The number of carboxylic acid groups (broad SMARTS) is 1. The summed E-state index contributed by atoms with van der Waals surface area (Å²) < 4.78 is 0. The van der Waals surface area contributed by atoms with Crippen LogP contribution in [0.4, 0.5) is 0 Å². The Hall–Kier alpha value is -0.980. The van der Waals surface area contributed by atoms with Crippen molar-refractivity contribution >= 4 is 11.8 Å². The molecule has 0 bridgehead atoms. The topological polar surface area (TPSA) is 115 Å². The first kappa shape index (κ1) is 11.0. The van der Waals surface area contributed by atoms with Gasteiger partial charge in [-0.1, -0.05) is 0 Å². The summed E-state index contributed by atoms with van der Waals surface area (Å²) in [6.07, 6.45) is -3.70. The number of aliphatic hydroxyl groups excluding tert-OH is 3. The molecule has 0 spiro atoms. The number of carbonyl (C=O) groups is 2. The van der Waals surface area contributed by atoms with Crippen LogP contribution in [0, 0.1) is 0 Å². The molecular weight excluding hydrogens is 168 g/mol. The zero-order chi connectivity index (χ0) is 9.72. The van der Waals surface area contributed by atoms with E-state index in [0.29, 0.717) is 0 Å². The van der Waals surface area contributed by atoms with Gasteiger partial charge in [-0.3, -0.25) is 4.79 Å². The Morgan fingerprint density at radius 1 is 1.17 bits per heavy atom. The van der Waals surface area contributed by atoms with Crippen LogP contribution in [0.5, 0.6) is 0 Å². The molecule has 0 aromatic carbocycles. The largest absolute Gasteiger partial charge is 0.475 e. The van der Waals surface area contributed by atoms with Crippen molar-refractivity contribution in [2.24, 2.45) is 0 Å². The number of ketones is 1. The van der Waals surface area contributed by atoms with Crippen molar-refractivity contribution in [2.45, 2.75) is 18.6 Å². The molecule has 0 heterocycles. The molecule has 0 saturated heterocycles. The van der Waals surface area contributed by atoms with Crippen molar-refractivity contribution in [2.75, 3.05) is 6.61 Å². The summed E-state index contributed by atoms with van der Waals surface area (Å²) >= 11 is 0. The lowest BCUT2D eigenvalue weighted by atomic mass is 10.1. The quantitative estimate of drug-likeness (QED) is 0.353. The van der Waals surface area contributed by atoms with Gasteiger partial charge in [0.25, 0.3) is 0 Å². The molecule has 12 heavy (non-hydrogen) atoms. The highest BCUT2D eigenvalue weighted by atomic mass is 16.4. The number of rotatable bonds is 5. The number of carboxylic acids is 1. The molecule has 6 nitrogen and oxygen atoms in total. The average molecular weight is 178 g/mol. The monoisotopic (exact) mass is 178 g/mol. The second-order valence-electron chi connectivity index (χ2n) is 2.25. The van der Waals surface area contributed by atoms with Crippen LogP contribution < -0.4 is 0 Å². The second kappa shape index (κ2) is 4.81. The van der Waals surface area contributed by atoms with Crippen molar-refractivity contribution in [1.82, 2.24) is 0 Å². The maximum atomic E-state index is 10.4. The third-order valence-corrected chi connectivity index (χ3v) is 1.26. The van der Waals surface area contributed by atoms with E-state index in [9.17, 15) is 9.59 Å². The highest BCUT2D eigenvalue weighted by Gasteiger charge is 2.22. The van der Waals surface area contributed by atoms with E-state index < -0.39 is 37.0 Å². The van der Waals surface area contributed by atoms with Crippen LogP contribution in [0.3, 0.4) is 0 Å². The van der Waals surface area contributed by atoms with Crippen LogP contribution in [-0.4, -0.2) is 51.0 Å². The molecule has 0 aliphatic carbocycles. The summed E-state index contributed by atoms with van der Waals surface area (Å²) in [6, 6.07) is 0. The minimum absolute atomic E-state index is 0.697. The van der Waals surface area contributed by atoms with Gasteiger partial charge in [0, 0.05) is 6.42 Å². The van der Waals surface area contributed by atoms with E-state index in [1.807, 2.05) is 0 Å². The Bertz CT molecular complexity index is 177. The SMILES string of the molecule is O=C(O)C(=O)C[C@H](O)[C@@H](O)CO. The fraction of sp³-hybridized carbons (Fsp3) is 0.667. The summed E-state index contributed by atoms with van der Waals surface area (Å²) in [7, 11) is 0. The third kappa shape index (κ3) is 3.42. The van der Waals surface area contributed by atoms with Gasteiger partial charge in [-0.2, -0.15) is 0 Å². The molecule has 2 atom stereocenters. The summed E-state index contributed by atoms with van der Waals surface area (Å²) in [5, 5.41) is 33.9. The first-order valence-corrected chi connectivity index (χ1v) is 3.22. The van der Waals surface area contributed by atoms with Crippen LogP contribution in [0.1, 0.15) is 6.42 Å². The Balaban J connectivity index is 3.92. The Kier molecular flexibility index (Phi) is 4.42. The van der Waals surface area contributed by atoms with Crippen molar-refractivity contribution in [3.05, 3.63) is 0 Å². The van der Waals surface area contributed by atoms with Gasteiger partial charge in [0.2, 0.25) is 5.78 Å². The fourth-order valence-corrected chi connectivity index (χ4v) is 0.535. The molecule has 0 radical (unpaired) electrons. The number of aliphatic hydroxyl groups is 3. The predicted molar refractivity (Wildman–Crippen MR) is 36.4 cm³/mol. The standard InChI is InChI=1S/C6H10O6/c7-2-5(10)3(8)1-4(9)6(11)12/h3,5,7-8,10H,1-2H2,(H,11,12)/t3-,5-/m0/s1.